The number of aromatic nitrogens is 2. The number of aromatic hydroxyl groups is 1. The van der Waals surface area contributed by atoms with Crippen molar-refractivity contribution >= 4 is 15.9 Å². The molecule has 0 aliphatic rings. The van der Waals surface area contributed by atoms with Crippen LogP contribution >= 0.6 is 15.9 Å². The Morgan fingerprint density at radius 1 is 1.36 bits per heavy atom. The molecule has 72 valence electrons. The van der Waals surface area contributed by atoms with Crippen molar-refractivity contribution in [3.8, 4) is 11.4 Å². The lowest BCUT2D eigenvalue weighted by Crippen LogP contribution is -1.98. The summed E-state index contributed by atoms with van der Waals surface area (Å²) in [5.41, 5.74) is 2.07. The number of hydrogen-bond donors (Lipinski definition) is 1. The predicted molar refractivity (Wildman–Crippen MR) is 57.7 cm³/mol. The third-order valence-electron chi connectivity index (χ3n) is 2.04. The van der Waals surface area contributed by atoms with Gasteiger partial charge in [-0.3, -0.25) is 0 Å². The Labute approximate surface area is 90.1 Å². The number of halogens is 1. The van der Waals surface area contributed by atoms with E-state index < -0.39 is 0 Å². The molecule has 0 atom stereocenters. The van der Waals surface area contributed by atoms with E-state index in [2.05, 4.69) is 21.0 Å². The summed E-state index contributed by atoms with van der Waals surface area (Å²) < 4.78 is 2.23. The Hall–Kier alpha value is -1.29. The molecule has 1 heterocycles. The van der Waals surface area contributed by atoms with Crippen molar-refractivity contribution in [3.63, 3.8) is 0 Å². The minimum Gasteiger partial charge on any atom is -0.504 e. The van der Waals surface area contributed by atoms with Gasteiger partial charge in [-0.25, -0.2) is 4.68 Å². The van der Waals surface area contributed by atoms with Gasteiger partial charge in [-0.15, -0.1) is 0 Å². The quantitative estimate of drug-likeness (QED) is 0.848. The van der Waals surface area contributed by atoms with E-state index in [9.17, 15) is 5.11 Å². The molecule has 0 bridgehead atoms. The minimum atomic E-state index is 0.147. The van der Waals surface area contributed by atoms with E-state index in [0.29, 0.717) is 4.60 Å². The summed E-state index contributed by atoms with van der Waals surface area (Å²) in [6.07, 6.45) is 1.41. The lowest BCUT2D eigenvalue weighted by Gasteiger charge is -2.05. The molecule has 2 rings (SSSR count). The topological polar surface area (TPSA) is 38.0 Å². The summed E-state index contributed by atoms with van der Waals surface area (Å²) in [4.78, 5) is 0. The summed E-state index contributed by atoms with van der Waals surface area (Å²) in [6, 6.07) is 7.86. The smallest absolute Gasteiger partial charge is 0.168 e. The van der Waals surface area contributed by atoms with Gasteiger partial charge in [-0.05, 0) is 34.5 Å². The van der Waals surface area contributed by atoms with Crippen LogP contribution in [-0.2, 0) is 0 Å². The van der Waals surface area contributed by atoms with Gasteiger partial charge in [-0.2, -0.15) is 5.10 Å². The zero-order valence-electron chi connectivity index (χ0n) is 7.61. The molecule has 0 radical (unpaired) electrons. The third-order valence-corrected chi connectivity index (χ3v) is 2.78. The molecule has 0 saturated carbocycles. The molecule has 1 aromatic carbocycles. The molecular weight excluding hydrogens is 244 g/mol. The molecule has 4 heteroatoms. The molecule has 0 aliphatic heterocycles. The molecule has 2 aromatic rings. The van der Waals surface area contributed by atoms with E-state index >= 15 is 0 Å². The van der Waals surface area contributed by atoms with Gasteiger partial charge in [0.2, 0.25) is 0 Å². The fourth-order valence-corrected chi connectivity index (χ4v) is 1.68. The van der Waals surface area contributed by atoms with Gasteiger partial charge in [0, 0.05) is 0 Å². The highest BCUT2D eigenvalue weighted by atomic mass is 79.9. The SMILES string of the molecule is Cc1ccccc1-n1ncc(O)c1Br. The molecule has 0 spiro atoms. The number of aryl methyl sites for hydroxylation is 1. The van der Waals surface area contributed by atoms with E-state index in [0.717, 1.165) is 11.3 Å². The van der Waals surface area contributed by atoms with Crippen LogP contribution in [0, 0.1) is 6.92 Å². The summed E-state index contributed by atoms with van der Waals surface area (Å²) in [7, 11) is 0. The maximum absolute atomic E-state index is 9.36. The lowest BCUT2D eigenvalue weighted by molar-refractivity contribution is 0.471. The molecule has 1 aromatic heterocycles. The van der Waals surface area contributed by atoms with Crippen LogP contribution in [0.4, 0.5) is 0 Å². The standard InChI is InChI=1S/C10H9BrN2O/c1-7-4-2-3-5-8(7)13-10(11)9(14)6-12-13/h2-6,14H,1H3. The van der Waals surface area contributed by atoms with Crippen molar-refractivity contribution in [2.75, 3.05) is 0 Å². The molecule has 14 heavy (non-hydrogen) atoms. The van der Waals surface area contributed by atoms with Gasteiger partial charge >= 0.3 is 0 Å². The third kappa shape index (κ3) is 1.42. The van der Waals surface area contributed by atoms with Crippen LogP contribution in [-0.4, -0.2) is 14.9 Å². The Morgan fingerprint density at radius 2 is 2.07 bits per heavy atom. The predicted octanol–water partition coefficient (Wildman–Crippen LogP) is 2.65. The van der Waals surface area contributed by atoms with Crippen LogP contribution in [0.25, 0.3) is 5.69 Å². The van der Waals surface area contributed by atoms with Gasteiger partial charge in [0.1, 0.15) is 0 Å². The highest BCUT2D eigenvalue weighted by Gasteiger charge is 2.09. The monoisotopic (exact) mass is 252 g/mol. The van der Waals surface area contributed by atoms with Crippen molar-refractivity contribution in [1.29, 1.82) is 0 Å². The van der Waals surface area contributed by atoms with Crippen molar-refractivity contribution in [2.45, 2.75) is 6.92 Å². The minimum absolute atomic E-state index is 0.147. The fraction of sp³-hybridized carbons (Fsp3) is 0.100. The molecule has 0 aliphatic carbocycles. The van der Waals surface area contributed by atoms with E-state index in [4.69, 9.17) is 0 Å². The van der Waals surface area contributed by atoms with Gasteiger partial charge in [-0.1, -0.05) is 18.2 Å². The number of para-hydroxylation sites is 1. The van der Waals surface area contributed by atoms with E-state index in [1.54, 1.807) is 4.68 Å². The molecule has 0 fully saturated rings. The zero-order valence-corrected chi connectivity index (χ0v) is 9.19. The Kier molecular flexibility index (Phi) is 2.29. The van der Waals surface area contributed by atoms with E-state index in [-0.39, 0.29) is 5.75 Å². The first kappa shape index (κ1) is 9.27. The lowest BCUT2D eigenvalue weighted by atomic mass is 10.2. The first-order chi connectivity index (χ1) is 6.70. The Bertz CT molecular complexity index is 465. The van der Waals surface area contributed by atoms with Crippen LogP contribution in [0.1, 0.15) is 5.56 Å². The highest BCUT2D eigenvalue weighted by molar-refractivity contribution is 9.10. The van der Waals surface area contributed by atoms with Crippen molar-refractivity contribution in [3.05, 3.63) is 40.6 Å². The van der Waals surface area contributed by atoms with E-state index in [1.807, 2.05) is 31.2 Å². The van der Waals surface area contributed by atoms with Crippen molar-refractivity contribution < 1.29 is 5.11 Å². The summed E-state index contributed by atoms with van der Waals surface area (Å²) in [5.74, 6) is 0.147. The second-order valence-electron chi connectivity index (χ2n) is 3.02. The molecule has 1 N–H and O–H groups in total. The molecule has 3 nitrogen and oxygen atoms in total. The number of benzene rings is 1. The van der Waals surface area contributed by atoms with Gasteiger partial charge in [0.25, 0.3) is 0 Å². The second kappa shape index (κ2) is 3.46. The summed E-state index contributed by atoms with van der Waals surface area (Å²) >= 11 is 3.27. The first-order valence-electron chi connectivity index (χ1n) is 4.18. The van der Waals surface area contributed by atoms with E-state index in [1.165, 1.54) is 6.20 Å². The van der Waals surface area contributed by atoms with Crippen LogP contribution in [0.2, 0.25) is 0 Å². The number of nitrogens with zero attached hydrogens (tertiary/aromatic N) is 2. The van der Waals surface area contributed by atoms with Gasteiger partial charge in [0.05, 0.1) is 11.9 Å². The normalized spacial score (nSPS) is 10.4. The Balaban J connectivity index is 2.60. The van der Waals surface area contributed by atoms with Crippen molar-refractivity contribution in [1.82, 2.24) is 9.78 Å². The highest BCUT2D eigenvalue weighted by Crippen LogP contribution is 2.26. The number of rotatable bonds is 1. The number of hydrogen-bond acceptors (Lipinski definition) is 2. The zero-order chi connectivity index (χ0) is 10.1. The van der Waals surface area contributed by atoms with Gasteiger partial charge < -0.3 is 5.11 Å². The molecule has 0 saturated heterocycles. The summed E-state index contributed by atoms with van der Waals surface area (Å²) in [6.45, 7) is 2.00. The maximum Gasteiger partial charge on any atom is 0.168 e. The summed E-state index contributed by atoms with van der Waals surface area (Å²) in [5, 5.41) is 13.4. The largest absolute Gasteiger partial charge is 0.504 e. The maximum atomic E-state index is 9.36. The van der Waals surface area contributed by atoms with Crippen LogP contribution in [0.3, 0.4) is 0 Å². The average Bonchev–Trinajstić information content (AvgIpc) is 2.49. The molecular formula is C10H9BrN2O. The van der Waals surface area contributed by atoms with Gasteiger partial charge in [0.15, 0.2) is 10.4 Å². The average molecular weight is 253 g/mol. The van der Waals surface area contributed by atoms with Crippen molar-refractivity contribution in [2.24, 2.45) is 0 Å². The van der Waals surface area contributed by atoms with Crippen LogP contribution < -0.4 is 0 Å². The van der Waals surface area contributed by atoms with Crippen LogP contribution in [0.15, 0.2) is 35.1 Å². The Morgan fingerprint density at radius 3 is 2.64 bits per heavy atom. The second-order valence-corrected chi connectivity index (χ2v) is 3.77. The fourth-order valence-electron chi connectivity index (χ4n) is 1.29. The molecule has 0 amide bonds. The van der Waals surface area contributed by atoms with Crippen LogP contribution in [0.5, 0.6) is 5.75 Å². The first-order valence-corrected chi connectivity index (χ1v) is 4.98. The molecule has 0 unspecified atom stereocenters.